The van der Waals surface area contributed by atoms with E-state index < -0.39 is 0 Å². The summed E-state index contributed by atoms with van der Waals surface area (Å²) in [4.78, 5) is 24.4. The fourth-order valence-corrected chi connectivity index (χ4v) is 3.11. The van der Waals surface area contributed by atoms with Crippen LogP contribution in [0.5, 0.6) is 0 Å². The first-order valence-electron chi connectivity index (χ1n) is 7.32. The summed E-state index contributed by atoms with van der Waals surface area (Å²) in [5.74, 6) is 0. The van der Waals surface area contributed by atoms with Crippen LogP contribution in [-0.4, -0.2) is 15.0 Å². The Bertz CT molecular complexity index is 1300. The normalized spacial score (nSPS) is 11.9. The molecule has 0 fully saturated rings. The Morgan fingerprint density at radius 3 is 2.65 bits per heavy atom. The summed E-state index contributed by atoms with van der Waals surface area (Å²) in [6.07, 6.45) is 0. The predicted octanol–water partition coefficient (Wildman–Crippen LogP) is 3.68. The van der Waals surface area contributed by atoms with Crippen molar-refractivity contribution in [2.24, 2.45) is 0 Å². The molecule has 5 rings (SSSR count). The molecular formula is C18H11N3O2. The molecule has 0 aliphatic heterocycles. The van der Waals surface area contributed by atoms with E-state index in [1.165, 1.54) is 6.07 Å². The molecule has 0 saturated heterocycles. The lowest BCUT2D eigenvalue weighted by Crippen LogP contribution is -1.97. The van der Waals surface area contributed by atoms with E-state index in [-0.39, 0.29) is 5.63 Å². The van der Waals surface area contributed by atoms with Crippen molar-refractivity contribution in [3.63, 3.8) is 0 Å². The number of para-hydroxylation sites is 2. The van der Waals surface area contributed by atoms with Crippen molar-refractivity contribution in [1.82, 2.24) is 15.0 Å². The fraction of sp³-hybridized carbons (Fsp3) is 0.0556. The number of hydrogen-bond donors (Lipinski definition) is 1. The summed E-state index contributed by atoms with van der Waals surface area (Å²) in [7, 11) is 0. The van der Waals surface area contributed by atoms with Crippen molar-refractivity contribution in [2.45, 2.75) is 6.92 Å². The van der Waals surface area contributed by atoms with Gasteiger partial charge in [0.1, 0.15) is 11.1 Å². The maximum Gasteiger partial charge on any atom is 0.336 e. The van der Waals surface area contributed by atoms with Gasteiger partial charge in [-0.25, -0.2) is 14.8 Å². The third kappa shape index (κ3) is 1.64. The molecule has 0 aliphatic rings. The van der Waals surface area contributed by atoms with Gasteiger partial charge in [0.2, 0.25) is 0 Å². The number of benzene rings is 2. The quantitative estimate of drug-likeness (QED) is 0.443. The van der Waals surface area contributed by atoms with E-state index in [9.17, 15) is 4.79 Å². The van der Waals surface area contributed by atoms with Gasteiger partial charge in [0, 0.05) is 11.5 Å². The lowest BCUT2D eigenvalue weighted by Gasteiger charge is -2.01. The summed E-state index contributed by atoms with van der Waals surface area (Å²) >= 11 is 0. The number of nitrogens with one attached hydrogen (secondary N) is 1. The Balaban J connectivity index is 2.09. The van der Waals surface area contributed by atoms with Gasteiger partial charge in [-0.1, -0.05) is 12.1 Å². The average molecular weight is 301 g/mol. The maximum absolute atomic E-state index is 11.8. The SMILES string of the molecule is Cc1cc(=O)oc2c1ccc1[nH]c3nc4ccccc4nc3c12. The van der Waals surface area contributed by atoms with Gasteiger partial charge in [-0.2, -0.15) is 0 Å². The molecule has 2 aromatic carbocycles. The van der Waals surface area contributed by atoms with Crippen LogP contribution in [0.15, 0.2) is 51.7 Å². The minimum absolute atomic E-state index is 0.356. The van der Waals surface area contributed by atoms with Crippen LogP contribution in [0.2, 0.25) is 0 Å². The Labute approximate surface area is 129 Å². The molecule has 0 aliphatic carbocycles. The second-order valence-corrected chi connectivity index (χ2v) is 5.65. The number of nitrogens with zero attached hydrogens (tertiary/aromatic N) is 2. The Morgan fingerprint density at radius 1 is 1.04 bits per heavy atom. The van der Waals surface area contributed by atoms with Gasteiger partial charge in [0.05, 0.1) is 21.9 Å². The Hall–Kier alpha value is -3.21. The molecule has 0 amide bonds. The molecule has 3 heterocycles. The number of fused-ring (bicyclic) bond motifs is 6. The summed E-state index contributed by atoms with van der Waals surface area (Å²) in [6.45, 7) is 1.90. The molecule has 23 heavy (non-hydrogen) atoms. The Morgan fingerprint density at radius 2 is 1.83 bits per heavy atom. The number of aromatic amines is 1. The molecule has 5 heteroatoms. The van der Waals surface area contributed by atoms with E-state index >= 15 is 0 Å². The first kappa shape index (κ1) is 12.3. The lowest BCUT2D eigenvalue weighted by atomic mass is 10.1. The zero-order valence-corrected chi connectivity index (χ0v) is 12.3. The molecule has 5 aromatic rings. The van der Waals surface area contributed by atoms with Crippen LogP contribution in [0.4, 0.5) is 0 Å². The summed E-state index contributed by atoms with van der Waals surface area (Å²) in [6, 6.07) is 13.1. The van der Waals surface area contributed by atoms with Gasteiger partial charge in [-0.05, 0) is 36.8 Å². The van der Waals surface area contributed by atoms with Crippen molar-refractivity contribution < 1.29 is 4.42 Å². The van der Waals surface area contributed by atoms with Crippen molar-refractivity contribution in [1.29, 1.82) is 0 Å². The first-order valence-corrected chi connectivity index (χ1v) is 7.32. The minimum atomic E-state index is -0.356. The largest absolute Gasteiger partial charge is 0.422 e. The zero-order valence-electron chi connectivity index (χ0n) is 12.3. The maximum atomic E-state index is 11.8. The number of H-pyrrole nitrogens is 1. The molecule has 3 aromatic heterocycles. The molecular weight excluding hydrogens is 290 g/mol. The monoisotopic (exact) mass is 301 g/mol. The first-order chi connectivity index (χ1) is 11.2. The minimum Gasteiger partial charge on any atom is -0.422 e. The number of rotatable bonds is 0. The molecule has 0 saturated carbocycles. The summed E-state index contributed by atoms with van der Waals surface area (Å²) in [5, 5.41) is 1.71. The van der Waals surface area contributed by atoms with Crippen LogP contribution in [0.3, 0.4) is 0 Å². The van der Waals surface area contributed by atoms with Gasteiger partial charge in [-0.3, -0.25) is 0 Å². The van der Waals surface area contributed by atoms with Gasteiger partial charge in [0.25, 0.3) is 0 Å². The van der Waals surface area contributed by atoms with Crippen LogP contribution in [0.25, 0.3) is 44.1 Å². The van der Waals surface area contributed by atoms with Gasteiger partial charge < -0.3 is 9.40 Å². The standard InChI is InChI=1S/C18H11N3O2/c1-9-8-14(22)23-17-10(9)6-7-13-15(17)16-18(21-13)20-12-5-3-2-4-11(12)19-16/h2-8H,1H3,(H,20,21). The number of hydrogen-bond acceptors (Lipinski definition) is 4. The molecule has 0 atom stereocenters. The van der Waals surface area contributed by atoms with Crippen molar-refractivity contribution in [3.05, 3.63) is 58.4 Å². The van der Waals surface area contributed by atoms with Gasteiger partial charge in [-0.15, -0.1) is 0 Å². The molecule has 1 N–H and O–H groups in total. The second kappa shape index (κ2) is 4.16. The average Bonchev–Trinajstić information content (AvgIpc) is 2.90. The summed E-state index contributed by atoms with van der Waals surface area (Å²) in [5.41, 5.74) is 5.00. The van der Waals surface area contributed by atoms with Crippen molar-refractivity contribution >= 4 is 44.1 Å². The van der Waals surface area contributed by atoms with E-state index in [0.29, 0.717) is 11.2 Å². The van der Waals surface area contributed by atoms with Crippen LogP contribution in [-0.2, 0) is 0 Å². The molecule has 0 spiro atoms. The third-order valence-corrected chi connectivity index (χ3v) is 4.18. The van der Waals surface area contributed by atoms with Gasteiger partial charge in [0.15, 0.2) is 5.65 Å². The number of aryl methyl sites for hydroxylation is 1. The van der Waals surface area contributed by atoms with Crippen LogP contribution in [0.1, 0.15) is 5.56 Å². The molecule has 5 nitrogen and oxygen atoms in total. The Kier molecular flexibility index (Phi) is 2.24. The zero-order chi connectivity index (χ0) is 15.6. The smallest absolute Gasteiger partial charge is 0.336 e. The lowest BCUT2D eigenvalue weighted by molar-refractivity contribution is 0.563. The highest BCUT2D eigenvalue weighted by molar-refractivity contribution is 6.17. The highest BCUT2D eigenvalue weighted by atomic mass is 16.4. The highest BCUT2D eigenvalue weighted by Crippen LogP contribution is 2.31. The molecule has 0 bridgehead atoms. The van der Waals surface area contributed by atoms with Gasteiger partial charge >= 0.3 is 5.63 Å². The van der Waals surface area contributed by atoms with Crippen LogP contribution >= 0.6 is 0 Å². The van der Waals surface area contributed by atoms with Crippen molar-refractivity contribution in [3.8, 4) is 0 Å². The third-order valence-electron chi connectivity index (χ3n) is 4.18. The molecule has 110 valence electrons. The number of aromatic nitrogens is 3. The van der Waals surface area contributed by atoms with Crippen LogP contribution < -0.4 is 5.63 Å². The van der Waals surface area contributed by atoms with E-state index in [2.05, 4.69) is 9.97 Å². The molecule has 0 unspecified atom stereocenters. The second-order valence-electron chi connectivity index (χ2n) is 5.65. The van der Waals surface area contributed by atoms with E-state index in [1.807, 2.05) is 43.3 Å². The fourth-order valence-electron chi connectivity index (χ4n) is 3.11. The van der Waals surface area contributed by atoms with E-state index in [0.717, 1.165) is 38.4 Å². The summed E-state index contributed by atoms with van der Waals surface area (Å²) < 4.78 is 5.49. The predicted molar refractivity (Wildman–Crippen MR) is 89.7 cm³/mol. The van der Waals surface area contributed by atoms with E-state index in [1.54, 1.807) is 0 Å². The van der Waals surface area contributed by atoms with E-state index in [4.69, 9.17) is 9.40 Å². The highest BCUT2D eigenvalue weighted by Gasteiger charge is 2.14. The van der Waals surface area contributed by atoms with Crippen molar-refractivity contribution in [2.75, 3.05) is 0 Å². The van der Waals surface area contributed by atoms with Crippen LogP contribution in [0, 0.1) is 6.92 Å². The molecule has 0 radical (unpaired) electrons. The topological polar surface area (TPSA) is 71.8 Å².